The lowest BCUT2D eigenvalue weighted by Gasteiger charge is -2.35. The normalized spacial score (nSPS) is 12.9. The molecule has 2 heterocycles. The van der Waals surface area contributed by atoms with Gasteiger partial charge in [0.05, 0.1) is 16.8 Å². The Hall–Kier alpha value is -9.12. The van der Waals surface area contributed by atoms with Gasteiger partial charge in [0.15, 0.2) is 11.3 Å². The third kappa shape index (κ3) is 5.89. The molecule has 0 unspecified atom stereocenters. The Balaban J connectivity index is 1.02. The van der Waals surface area contributed by atoms with Gasteiger partial charge >= 0.3 is 0 Å². The molecular weight excluding hydrogens is 841 g/mol. The van der Waals surface area contributed by atoms with Crippen LogP contribution in [-0.4, -0.2) is 0 Å². The Morgan fingerprint density at radius 2 is 0.942 bits per heavy atom. The molecule has 12 aromatic rings. The summed E-state index contributed by atoms with van der Waals surface area (Å²) in [6.07, 6.45) is 0. The van der Waals surface area contributed by atoms with Gasteiger partial charge in [-0.2, -0.15) is 0 Å². The van der Waals surface area contributed by atoms with Crippen molar-refractivity contribution < 1.29 is 9.15 Å². The van der Waals surface area contributed by atoms with Gasteiger partial charge in [-0.15, -0.1) is 0 Å². The molecule has 1 aliphatic heterocycles. The number of hydrogen-bond acceptors (Lipinski definition) is 4. The summed E-state index contributed by atoms with van der Waals surface area (Å²) >= 11 is 0. The molecule has 1 aromatic heterocycles. The minimum Gasteiger partial charge on any atom is -0.454 e. The van der Waals surface area contributed by atoms with E-state index in [1.807, 2.05) is 6.07 Å². The fourth-order valence-corrected chi connectivity index (χ4v) is 11.4. The van der Waals surface area contributed by atoms with Crippen molar-refractivity contribution in [2.45, 2.75) is 5.41 Å². The summed E-state index contributed by atoms with van der Waals surface area (Å²) in [5.74, 6) is 1.59. The molecule has 0 spiro atoms. The molecule has 11 aromatic carbocycles. The number of rotatable bonds is 8. The number of hydrogen-bond donors (Lipinski definition) is 0. The van der Waals surface area contributed by atoms with E-state index in [0.717, 1.165) is 89.5 Å². The Kier molecular flexibility index (Phi) is 8.77. The van der Waals surface area contributed by atoms with Gasteiger partial charge in [0, 0.05) is 44.5 Å². The summed E-state index contributed by atoms with van der Waals surface area (Å²) < 4.78 is 14.3. The number of para-hydroxylation sites is 4. The fourth-order valence-electron chi connectivity index (χ4n) is 11.4. The van der Waals surface area contributed by atoms with E-state index in [9.17, 15) is 0 Å². The predicted molar refractivity (Wildman–Crippen MR) is 283 cm³/mol. The van der Waals surface area contributed by atoms with Crippen LogP contribution in [0.5, 0.6) is 11.5 Å². The quantitative estimate of drug-likeness (QED) is 0.152. The first-order valence-electron chi connectivity index (χ1n) is 23.6. The van der Waals surface area contributed by atoms with E-state index in [-0.39, 0.29) is 0 Å². The van der Waals surface area contributed by atoms with Gasteiger partial charge < -0.3 is 19.0 Å². The van der Waals surface area contributed by atoms with Crippen LogP contribution in [0.25, 0.3) is 55.0 Å². The molecule has 0 bridgehead atoms. The SMILES string of the molecule is c1ccc(N(c2ccccc2)c2ccc3c(c2)-c2cccc4ccc(N(c5ccc6c(c5)C(c5ccccc5)(c5ccccc5)c5ccccc5-6)c5cccc6c5oc5ccccc56)c(c24)O3)cc1. The van der Waals surface area contributed by atoms with Crippen molar-refractivity contribution in [3.63, 3.8) is 0 Å². The lowest BCUT2D eigenvalue weighted by Crippen LogP contribution is -2.28. The molecule has 69 heavy (non-hydrogen) atoms. The summed E-state index contributed by atoms with van der Waals surface area (Å²) in [5, 5.41) is 4.29. The van der Waals surface area contributed by atoms with Crippen molar-refractivity contribution in [1.29, 1.82) is 0 Å². The molecule has 0 amide bonds. The fraction of sp³-hybridized carbons (Fsp3) is 0.0154. The number of furan rings is 1. The molecule has 2 aliphatic rings. The van der Waals surface area contributed by atoms with Gasteiger partial charge in [0.2, 0.25) is 0 Å². The first-order chi connectivity index (χ1) is 34.2. The highest BCUT2D eigenvalue weighted by molar-refractivity contribution is 6.13. The Morgan fingerprint density at radius 1 is 0.348 bits per heavy atom. The monoisotopic (exact) mass is 882 g/mol. The Bertz CT molecular complexity index is 3860. The second-order valence-corrected chi connectivity index (χ2v) is 18.0. The highest BCUT2D eigenvalue weighted by Gasteiger charge is 2.46. The smallest absolute Gasteiger partial charge is 0.159 e. The second kappa shape index (κ2) is 15.5. The number of fused-ring (bicyclic) bond motifs is 8. The van der Waals surface area contributed by atoms with Crippen molar-refractivity contribution in [2.75, 3.05) is 9.80 Å². The maximum atomic E-state index is 7.35. The van der Waals surface area contributed by atoms with Crippen molar-refractivity contribution in [1.82, 2.24) is 0 Å². The first kappa shape index (κ1) is 39.1. The van der Waals surface area contributed by atoms with E-state index in [1.165, 1.54) is 33.4 Å². The van der Waals surface area contributed by atoms with E-state index >= 15 is 0 Å². The molecular formula is C65H42N2O2. The third-order valence-electron chi connectivity index (χ3n) is 14.3. The van der Waals surface area contributed by atoms with E-state index in [4.69, 9.17) is 9.15 Å². The highest BCUT2D eigenvalue weighted by atomic mass is 16.5. The summed E-state index contributed by atoms with van der Waals surface area (Å²) in [7, 11) is 0. The molecule has 1 aliphatic carbocycles. The van der Waals surface area contributed by atoms with Crippen LogP contribution in [-0.2, 0) is 5.41 Å². The molecule has 324 valence electrons. The van der Waals surface area contributed by atoms with Gasteiger partial charge in [-0.25, -0.2) is 0 Å². The van der Waals surface area contributed by atoms with Crippen LogP contribution in [0.1, 0.15) is 22.3 Å². The van der Waals surface area contributed by atoms with Crippen LogP contribution in [0, 0.1) is 0 Å². The van der Waals surface area contributed by atoms with E-state index in [1.54, 1.807) is 0 Å². The van der Waals surface area contributed by atoms with Gasteiger partial charge in [0.25, 0.3) is 0 Å². The van der Waals surface area contributed by atoms with Crippen molar-refractivity contribution in [2.24, 2.45) is 0 Å². The molecule has 0 N–H and O–H groups in total. The molecule has 0 fully saturated rings. The van der Waals surface area contributed by atoms with Gasteiger partial charge in [-0.3, -0.25) is 0 Å². The van der Waals surface area contributed by atoms with E-state index < -0.39 is 5.41 Å². The lowest BCUT2D eigenvalue weighted by molar-refractivity contribution is 0.488. The number of benzene rings is 11. The van der Waals surface area contributed by atoms with Crippen molar-refractivity contribution in [3.8, 4) is 33.8 Å². The van der Waals surface area contributed by atoms with E-state index in [2.05, 4.69) is 259 Å². The second-order valence-electron chi connectivity index (χ2n) is 18.0. The van der Waals surface area contributed by atoms with Crippen LogP contribution in [0.3, 0.4) is 0 Å². The Morgan fingerprint density at radius 3 is 1.70 bits per heavy atom. The van der Waals surface area contributed by atoms with E-state index in [0.29, 0.717) is 0 Å². The molecule has 0 radical (unpaired) electrons. The Labute approximate surface area is 400 Å². The zero-order chi connectivity index (χ0) is 45.5. The van der Waals surface area contributed by atoms with Crippen molar-refractivity contribution >= 4 is 66.8 Å². The summed E-state index contributed by atoms with van der Waals surface area (Å²) in [6.45, 7) is 0. The minimum absolute atomic E-state index is 0.590. The van der Waals surface area contributed by atoms with Gasteiger partial charge in [-0.1, -0.05) is 182 Å². The number of nitrogens with zero attached hydrogens (tertiary/aromatic N) is 2. The highest BCUT2D eigenvalue weighted by Crippen LogP contribution is 2.59. The molecule has 4 nitrogen and oxygen atoms in total. The van der Waals surface area contributed by atoms with Crippen LogP contribution >= 0.6 is 0 Å². The lowest BCUT2D eigenvalue weighted by atomic mass is 9.67. The topological polar surface area (TPSA) is 28.9 Å². The molecule has 14 rings (SSSR count). The zero-order valence-electron chi connectivity index (χ0n) is 37.5. The standard InChI is InChI=1S/C65H42N2O2/c1-5-20-44(21-6-1)65(45-22-7-2-8-23-45)56-32-15-13-28-50(56)51-38-36-49(42-57(51)65)67(58-33-18-31-54-52-29-14-16-34-60(52)68-63(54)58)59-39-35-43-19-17-30-53-55-41-48(37-40-61(55)69-64(59)62(43)53)66(46-24-9-3-10-25-46)47-26-11-4-12-27-47/h1-42H. The largest absolute Gasteiger partial charge is 0.454 e. The summed E-state index contributed by atoms with van der Waals surface area (Å²) in [4.78, 5) is 4.67. The van der Waals surface area contributed by atoms with Crippen LogP contribution in [0.2, 0.25) is 0 Å². The maximum absolute atomic E-state index is 7.35. The minimum atomic E-state index is -0.590. The number of anilines is 6. The number of ether oxygens (including phenoxy) is 1. The van der Waals surface area contributed by atoms with Crippen LogP contribution < -0.4 is 14.5 Å². The summed E-state index contributed by atoms with van der Waals surface area (Å²) in [6, 6.07) is 91.5. The molecule has 0 atom stereocenters. The van der Waals surface area contributed by atoms with Crippen molar-refractivity contribution in [3.05, 3.63) is 277 Å². The average molecular weight is 883 g/mol. The first-order valence-corrected chi connectivity index (χ1v) is 23.6. The third-order valence-corrected chi connectivity index (χ3v) is 14.3. The molecule has 4 heteroatoms. The van der Waals surface area contributed by atoms with Crippen LogP contribution in [0.4, 0.5) is 34.1 Å². The average Bonchev–Trinajstić information content (AvgIpc) is 3.95. The predicted octanol–water partition coefficient (Wildman–Crippen LogP) is 17.8. The maximum Gasteiger partial charge on any atom is 0.159 e. The van der Waals surface area contributed by atoms with Gasteiger partial charge in [0.1, 0.15) is 11.3 Å². The molecule has 0 saturated heterocycles. The van der Waals surface area contributed by atoms with Crippen LogP contribution in [0.15, 0.2) is 259 Å². The zero-order valence-corrected chi connectivity index (χ0v) is 37.5. The molecule has 0 saturated carbocycles. The van der Waals surface area contributed by atoms with Gasteiger partial charge in [-0.05, 0) is 117 Å². The summed E-state index contributed by atoms with van der Waals surface area (Å²) in [5.41, 5.74) is 16.6.